The molecule has 2 nitrogen and oxygen atoms in total. The van der Waals surface area contributed by atoms with Gasteiger partial charge in [0.1, 0.15) is 0 Å². The molecule has 3 heteroatoms. The fourth-order valence-corrected chi connectivity index (χ4v) is 9.54. The Balaban J connectivity index is 1.47. The molecule has 190 valence electrons. The lowest BCUT2D eigenvalue weighted by Gasteiger charge is -2.59. The summed E-state index contributed by atoms with van der Waals surface area (Å²) in [5.41, 5.74) is 1.55. The third-order valence-electron chi connectivity index (χ3n) is 11.3. The van der Waals surface area contributed by atoms with Crippen molar-refractivity contribution in [2.24, 2.45) is 46.3 Å². The van der Waals surface area contributed by atoms with Crippen LogP contribution in [0.3, 0.4) is 0 Å². The second-order valence-electron chi connectivity index (χ2n) is 13.7. The molecule has 0 spiro atoms. The van der Waals surface area contributed by atoms with Gasteiger partial charge in [0.05, 0.1) is 11.7 Å². The van der Waals surface area contributed by atoms with Gasteiger partial charge >= 0.3 is 0 Å². The smallest absolute Gasteiger partial charge is 0.0710 e. The maximum Gasteiger partial charge on any atom is 0.0710 e. The second kappa shape index (κ2) is 9.81. The van der Waals surface area contributed by atoms with Crippen molar-refractivity contribution in [3.05, 3.63) is 11.6 Å². The molecule has 4 rings (SSSR count). The molecule has 4 aliphatic carbocycles. The van der Waals surface area contributed by atoms with Gasteiger partial charge in [-0.1, -0.05) is 65.5 Å². The third-order valence-corrected chi connectivity index (χ3v) is 11.7. The molecular weight excluding hydrogens is 424 g/mol. The highest BCUT2D eigenvalue weighted by molar-refractivity contribution is 7.80. The van der Waals surface area contributed by atoms with Crippen LogP contribution in [0.4, 0.5) is 0 Å². The lowest BCUT2D eigenvalue weighted by molar-refractivity contribution is -0.0839. The SMILES string of the molecule is CC(C)CCC[C@@H](C)[C@H]1CC[C@H]2[C@@H]3CC=C4CC(O)(CC(O)CS)CC[C@]4(C)[C@H]3CC[C@]12C. The summed E-state index contributed by atoms with van der Waals surface area (Å²) in [6, 6.07) is 0. The lowest BCUT2D eigenvalue weighted by Crippen LogP contribution is -2.52. The standard InChI is InChI=1S/C30H52O2S/c1-20(2)7-6-8-21(3)25-11-12-26-24-10-9-22-17-30(32,18-23(31)19-33)16-15-28(22,4)27(24)13-14-29(25,26)5/h9,20-21,23-27,31-33H,6-8,10-19H2,1-5H3/t21-,23?,24+,25-,26+,27+,28+,29-,30?/m1/s1. The van der Waals surface area contributed by atoms with Gasteiger partial charge < -0.3 is 10.2 Å². The Hall–Kier alpha value is 0.0100. The van der Waals surface area contributed by atoms with Crippen molar-refractivity contribution >= 4 is 12.6 Å². The summed E-state index contributed by atoms with van der Waals surface area (Å²) in [4.78, 5) is 0. The van der Waals surface area contributed by atoms with Crippen molar-refractivity contribution in [2.45, 2.75) is 123 Å². The van der Waals surface area contributed by atoms with Crippen LogP contribution in [0.1, 0.15) is 112 Å². The number of fused-ring (bicyclic) bond motifs is 5. The number of hydrogen-bond donors (Lipinski definition) is 3. The fourth-order valence-electron chi connectivity index (χ4n) is 9.41. The van der Waals surface area contributed by atoms with Gasteiger partial charge in [-0.3, -0.25) is 0 Å². The summed E-state index contributed by atoms with van der Waals surface area (Å²) >= 11 is 4.24. The maximum absolute atomic E-state index is 11.3. The Morgan fingerprint density at radius 1 is 1.03 bits per heavy atom. The van der Waals surface area contributed by atoms with E-state index >= 15 is 0 Å². The zero-order valence-corrected chi connectivity index (χ0v) is 23.0. The quantitative estimate of drug-likeness (QED) is 0.252. The van der Waals surface area contributed by atoms with Crippen LogP contribution in [0.25, 0.3) is 0 Å². The Labute approximate surface area is 209 Å². The summed E-state index contributed by atoms with van der Waals surface area (Å²) in [6.07, 6.45) is 16.2. The maximum atomic E-state index is 11.3. The van der Waals surface area contributed by atoms with E-state index in [1.165, 1.54) is 56.9 Å². The van der Waals surface area contributed by atoms with Crippen molar-refractivity contribution < 1.29 is 10.2 Å². The number of rotatable bonds is 8. The van der Waals surface area contributed by atoms with Gasteiger partial charge in [-0.15, -0.1) is 0 Å². The summed E-state index contributed by atoms with van der Waals surface area (Å²) in [6.45, 7) is 12.5. The van der Waals surface area contributed by atoms with Crippen molar-refractivity contribution in [1.82, 2.24) is 0 Å². The number of aliphatic hydroxyl groups is 2. The Morgan fingerprint density at radius 3 is 2.48 bits per heavy atom. The Morgan fingerprint density at radius 2 is 1.79 bits per heavy atom. The molecule has 4 aliphatic rings. The monoisotopic (exact) mass is 476 g/mol. The van der Waals surface area contributed by atoms with Crippen LogP contribution in [0, 0.1) is 46.3 Å². The van der Waals surface area contributed by atoms with E-state index in [0.29, 0.717) is 17.6 Å². The van der Waals surface area contributed by atoms with Gasteiger partial charge in [-0.05, 0) is 97.7 Å². The fraction of sp³-hybridized carbons (Fsp3) is 0.933. The first-order valence-electron chi connectivity index (χ1n) is 14.2. The first-order chi connectivity index (χ1) is 15.5. The summed E-state index contributed by atoms with van der Waals surface area (Å²) in [7, 11) is 0. The number of thiol groups is 1. The molecule has 0 aromatic heterocycles. The van der Waals surface area contributed by atoms with Crippen molar-refractivity contribution in [2.75, 3.05) is 5.75 Å². The predicted octanol–water partition coefficient (Wildman–Crippen LogP) is 7.44. The number of allylic oxidation sites excluding steroid dienone is 1. The first kappa shape index (κ1) is 26.1. The highest BCUT2D eigenvalue weighted by Crippen LogP contribution is 2.68. The molecule has 0 bridgehead atoms. The van der Waals surface area contributed by atoms with E-state index in [9.17, 15) is 10.2 Å². The average molecular weight is 477 g/mol. The number of aliphatic hydroxyl groups excluding tert-OH is 1. The van der Waals surface area contributed by atoms with Crippen LogP contribution in [-0.2, 0) is 0 Å². The zero-order valence-electron chi connectivity index (χ0n) is 22.2. The Bertz CT molecular complexity index is 718. The van der Waals surface area contributed by atoms with Crippen LogP contribution in [0.2, 0.25) is 0 Å². The van der Waals surface area contributed by atoms with Crippen LogP contribution in [0.5, 0.6) is 0 Å². The molecule has 0 heterocycles. The van der Waals surface area contributed by atoms with E-state index in [0.717, 1.165) is 54.8 Å². The molecule has 0 aromatic carbocycles. The zero-order chi connectivity index (χ0) is 24.0. The molecule has 33 heavy (non-hydrogen) atoms. The lowest BCUT2D eigenvalue weighted by atomic mass is 9.46. The van der Waals surface area contributed by atoms with E-state index in [-0.39, 0.29) is 5.41 Å². The molecule has 3 fully saturated rings. The van der Waals surface area contributed by atoms with Crippen molar-refractivity contribution in [3.8, 4) is 0 Å². The second-order valence-corrected chi connectivity index (χ2v) is 14.1. The molecule has 0 amide bonds. The third kappa shape index (κ3) is 4.86. The molecule has 0 saturated heterocycles. The summed E-state index contributed by atoms with van der Waals surface area (Å²) < 4.78 is 0. The minimum Gasteiger partial charge on any atom is -0.392 e. The Kier molecular flexibility index (Phi) is 7.76. The molecular formula is C30H52O2S. The van der Waals surface area contributed by atoms with Crippen LogP contribution >= 0.6 is 12.6 Å². The number of hydrogen-bond acceptors (Lipinski definition) is 3. The highest BCUT2D eigenvalue weighted by atomic mass is 32.1. The molecule has 0 radical (unpaired) electrons. The van der Waals surface area contributed by atoms with E-state index in [4.69, 9.17) is 0 Å². The van der Waals surface area contributed by atoms with E-state index in [1.807, 2.05) is 0 Å². The van der Waals surface area contributed by atoms with E-state index in [1.54, 1.807) is 0 Å². The molecule has 2 N–H and O–H groups in total. The minimum atomic E-state index is -0.743. The largest absolute Gasteiger partial charge is 0.392 e. The molecule has 0 aromatic rings. The summed E-state index contributed by atoms with van der Waals surface area (Å²) in [5.74, 6) is 5.54. The van der Waals surface area contributed by atoms with E-state index in [2.05, 4.69) is 53.3 Å². The van der Waals surface area contributed by atoms with E-state index < -0.39 is 11.7 Å². The molecule has 3 saturated carbocycles. The van der Waals surface area contributed by atoms with Gasteiger partial charge in [0, 0.05) is 12.2 Å². The predicted molar refractivity (Wildman–Crippen MR) is 142 cm³/mol. The summed E-state index contributed by atoms with van der Waals surface area (Å²) in [5, 5.41) is 21.4. The van der Waals surface area contributed by atoms with Crippen LogP contribution in [0.15, 0.2) is 11.6 Å². The average Bonchev–Trinajstić information content (AvgIpc) is 3.11. The van der Waals surface area contributed by atoms with Gasteiger partial charge in [-0.25, -0.2) is 0 Å². The normalized spacial score (nSPS) is 44.6. The molecule has 9 atom stereocenters. The first-order valence-corrected chi connectivity index (χ1v) is 14.9. The van der Waals surface area contributed by atoms with Gasteiger partial charge in [0.2, 0.25) is 0 Å². The highest BCUT2D eigenvalue weighted by Gasteiger charge is 2.59. The van der Waals surface area contributed by atoms with Crippen LogP contribution < -0.4 is 0 Å². The van der Waals surface area contributed by atoms with Crippen LogP contribution in [-0.4, -0.2) is 27.7 Å². The minimum absolute atomic E-state index is 0.253. The van der Waals surface area contributed by atoms with Crippen molar-refractivity contribution in [1.29, 1.82) is 0 Å². The van der Waals surface area contributed by atoms with Crippen molar-refractivity contribution in [3.63, 3.8) is 0 Å². The molecule has 2 unspecified atom stereocenters. The van der Waals surface area contributed by atoms with Gasteiger partial charge in [0.15, 0.2) is 0 Å². The van der Waals surface area contributed by atoms with Gasteiger partial charge in [-0.2, -0.15) is 12.6 Å². The molecule has 0 aliphatic heterocycles. The topological polar surface area (TPSA) is 40.5 Å². The van der Waals surface area contributed by atoms with Gasteiger partial charge in [0.25, 0.3) is 0 Å².